The van der Waals surface area contributed by atoms with Crippen LogP contribution in [0.4, 0.5) is 0 Å². The fourth-order valence-corrected chi connectivity index (χ4v) is 3.57. The van der Waals surface area contributed by atoms with Crippen LogP contribution < -0.4 is 10.5 Å². The molecule has 4 nitrogen and oxygen atoms in total. The van der Waals surface area contributed by atoms with E-state index in [0.717, 1.165) is 47.9 Å². The van der Waals surface area contributed by atoms with E-state index < -0.39 is 0 Å². The molecule has 0 aromatic heterocycles. The summed E-state index contributed by atoms with van der Waals surface area (Å²) in [7, 11) is 1.67. The maximum Gasteiger partial charge on any atom is 0.230 e. The molecule has 1 fully saturated rings. The molecule has 2 N–H and O–H groups in total. The molecule has 3 rings (SSSR count). The zero-order chi connectivity index (χ0) is 17.1. The maximum absolute atomic E-state index is 13.0. The summed E-state index contributed by atoms with van der Waals surface area (Å²) in [6.07, 6.45) is 3.26. The van der Waals surface area contributed by atoms with Gasteiger partial charge in [-0.25, -0.2) is 0 Å². The molecule has 1 aliphatic heterocycles. The van der Waals surface area contributed by atoms with Crippen LogP contribution in [-0.4, -0.2) is 37.0 Å². The van der Waals surface area contributed by atoms with E-state index in [2.05, 4.69) is 12.1 Å². The van der Waals surface area contributed by atoms with Crippen molar-refractivity contribution in [2.75, 3.05) is 20.2 Å². The monoisotopic (exact) mass is 326 g/mol. The van der Waals surface area contributed by atoms with E-state index in [1.54, 1.807) is 7.11 Å². The van der Waals surface area contributed by atoms with Gasteiger partial charge < -0.3 is 15.4 Å². The third-order valence-corrected chi connectivity index (χ3v) is 5.12. The van der Waals surface area contributed by atoms with Gasteiger partial charge in [0.1, 0.15) is 5.75 Å². The topological polar surface area (TPSA) is 55.6 Å². The summed E-state index contributed by atoms with van der Waals surface area (Å²) in [4.78, 5) is 14.9. The van der Waals surface area contributed by atoms with E-state index in [4.69, 9.17) is 10.5 Å². The van der Waals surface area contributed by atoms with Crippen molar-refractivity contribution < 1.29 is 9.53 Å². The van der Waals surface area contributed by atoms with Gasteiger partial charge in [0.05, 0.1) is 13.0 Å². The number of ether oxygens (including phenoxy) is 1. The summed E-state index contributed by atoms with van der Waals surface area (Å²) < 4.78 is 5.27. The lowest BCUT2D eigenvalue weighted by molar-refractivity contribution is -0.135. The van der Waals surface area contributed by atoms with Gasteiger partial charge in [0, 0.05) is 19.1 Å². The van der Waals surface area contributed by atoms with Crippen molar-refractivity contribution in [2.45, 2.75) is 38.1 Å². The summed E-state index contributed by atoms with van der Waals surface area (Å²) in [6.45, 7) is 3.38. The summed E-state index contributed by atoms with van der Waals surface area (Å²) in [6, 6.07) is 12.4. The molecule has 0 radical (unpaired) electrons. The predicted molar refractivity (Wildman–Crippen MR) is 97.3 cm³/mol. The number of piperidine rings is 1. The first-order valence-electron chi connectivity index (χ1n) is 8.72. The number of likely N-dealkylation sites (tertiary alicyclic amines) is 1. The molecule has 0 saturated carbocycles. The fourth-order valence-electron chi connectivity index (χ4n) is 3.57. The van der Waals surface area contributed by atoms with E-state index >= 15 is 0 Å². The minimum Gasteiger partial charge on any atom is -0.497 e. The third-order valence-electron chi connectivity index (χ3n) is 5.12. The second-order valence-electron chi connectivity index (χ2n) is 6.61. The number of nitrogens with two attached hydrogens (primary N) is 1. The van der Waals surface area contributed by atoms with Gasteiger partial charge >= 0.3 is 0 Å². The van der Waals surface area contributed by atoms with Crippen LogP contribution in [0.25, 0.3) is 10.8 Å². The minimum atomic E-state index is -0.149. The second-order valence-corrected chi connectivity index (χ2v) is 6.61. The Hall–Kier alpha value is -2.07. The van der Waals surface area contributed by atoms with Crippen LogP contribution in [0.1, 0.15) is 37.7 Å². The highest BCUT2D eigenvalue weighted by molar-refractivity contribution is 5.88. The number of hydrogen-bond donors (Lipinski definition) is 1. The van der Waals surface area contributed by atoms with Crippen molar-refractivity contribution in [1.29, 1.82) is 0 Å². The fraction of sp³-hybridized carbons (Fsp3) is 0.450. The summed E-state index contributed by atoms with van der Waals surface area (Å²) in [5, 5.41) is 2.25. The number of rotatable bonds is 4. The third kappa shape index (κ3) is 3.24. The van der Waals surface area contributed by atoms with Crippen LogP contribution in [0.5, 0.6) is 5.75 Å². The van der Waals surface area contributed by atoms with Gasteiger partial charge in [0.2, 0.25) is 5.91 Å². The van der Waals surface area contributed by atoms with Crippen LogP contribution >= 0.6 is 0 Å². The highest BCUT2D eigenvalue weighted by Gasteiger charge is 2.29. The Morgan fingerprint density at radius 3 is 2.75 bits per heavy atom. The first-order chi connectivity index (χ1) is 11.6. The molecule has 2 unspecified atom stereocenters. The smallest absolute Gasteiger partial charge is 0.230 e. The second kappa shape index (κ2) is 7.22. The Morgan fingerprint density at radius 1 is 1.25 bits per heavy atom. The van der Waals surface area contributed by atoms with Crippen LogP contribution in [0.2, 0.25) is 0 Å². The predicted octanol–water partition coefficient (Wildman–Crippen LogP) is 3.29. The Bertz CT molecular complexity index is 729. The standard InChI is InChI=1S/C20H26N2O2/c1-14(20(23)22-10-4-3-5-18(22)13-21)15-6-7-17-12-19(24-2)9-8-16(17)11-15/h6-9,11-12,14,18H,3-5,10,13,21H2,1-2H3. The first-order valence-corrected chi connectivity index (χ1v) is 8.72. The SMILES string of the molecule is COc1ccc2cc(C(C)C(=O)N3CCCCC3CN)ccc2c1. The van der Waals surface area contributed by atoms with Crippen molar-refractivity contribution in [3.05, 3.63) is 42.0 Å². The molecular formula is C20H26N2O2. The number of carbonyl (C=O) groups is 1. The molecule has 0 bridgehead atoms. The van der Waals surface area contributed by atoms with Crippen LogP contribution in [-0.2, 0) is 4.79 Å². The molecule has 1 heterocycles. The highest BCUT2D eigenvalue weighted by Crippen LogP contribution is 2.28. The van der Waals surface area contributed by atoms with Crippen LogP contribution in [0.15, 0.2) is 36.4 Å². The van der Waals surface area contributed by atoms with Crippen molar-refractivity contribution >= 4 is 16.7 Å². The number of nitrogens with zero attached hydrogens (tertiary/aromatic N) is 1. The summed E-state index contributed by atoms with van der Waals surface area (Å²) in [5.74, 6) is 0.889. The average Bonchev–Trinajstić information content (AvgIpc) is 2.65. The average molecular weight is 326 g/mol. The molecule has 0 aliphatic carbocycles. The van der Waals surface area contributed by atoms with E-state index in [1.807, 2.05) is 36.1 Å². The van der Waals surface area contributed by atoms with Gasteiger partial charge in [0.25, 0.3) is 0 Å². The molecule has 2 aromatic carbocycles. The molecule has 1 aliphatic rings. The molecule has 2 atom stereocenters. The normalized spacial score (nSPS) is 19.3. The number of hydrogen-bond acceptors (Lipinski definition) is 3. The Kier molecular flexibility index (Phi) is 5.05. The zero-order valence-corrected chi connectivity index (χ0v) is 14.5. The summed E-state index contributed by atoms with van der Waals surface area (Å²) in [5.41, 5.74) is 6.92. The van der Waals surface area contributed by atoms with Gasteiger partial charge in [-0.3, -0.25) is 4.79 Å². The van der Waals surface area contributed by atoms with Crippen molar-refractivity contribution in [1.82, 2.24) is 4.90 Å². The van der Waals surface area contributed by atoms with E-state index in [0.29, 0.717) is 6.54 Å². The molecule has 2 aromatic rings. The van der Waals surface area contributed by atoms with Gasteiger partial charge in [-0.05, 0) is 54.7 Å². The van der Waals surface area contributed by atoms with Crippen molar-refractivity contribution in [3.8, 4) is 5.75 Å². The lowest BCUT2D eigenvalue weighted by atomic mass is 9.94. The largest absolute Gasteiger partial charge is 0.497 e. The number of benzene rings is 2. The molecule has 128 valence electrons. The molecule has 24 heavy (non-hydrogen) atoms. The molecule has 4 heteroatoms. The van der Waals surface area contributed by atoms with E-state index in [1.165, 1.54) is 0 Å². The van der Waals surface area contributed by atoms with Crippen molar-refractivity contribution in [3.63, 3.8) is 0 Å². The van der Waals surface area contributed by atoms with E-state index in [-0.39, 0.29) is 17.9 Å². The minimum absolute atomic E-state index is 0.149. The van der Waals surface area contributed by atoms with Gasteiger partial charge in [-0.2, -0.15) is 0 Å². The molecular weight excluding hydrogens is 300 g/mol. The van der Waals surface area contributed by atoms with Gasteiger partial charge in [0.15, 0.2) is 0 Å². The zero-order valence-electron chi connectivity index (χ0n) is 14.5. The quantitative estimate of drug-likeness (QED) is 0.938. The summed E-state index contributed by atoms with van der Waals surface area (Å²) >= 11 is 0. The molecule has 0 spiro atoms. The lowest BCUT2D eigenvalue weighted by Crippen LogP contribution is -2.48. The Morgan fingerprint density at radius 2 is 2.00 bits per heavy atom. The highest BCUT2D eigenvalue weighted by atomic mass is 16.5. The molecule has 1 amide bonds. The number of carbonyl (C=O) groups excluding carboxylic acids is 1. The Labute approximate surface area is 143 Å². The molecule has 1 saturated heterocycles. The first kappa shape index (κ1) is 16.8. The number of methoxy groups -OCH3 is 1. The van der Waals surface area contributed by atoms with E-state index in [9.17, 15) is 4.79 Å². The van der Waals surface area contributed by atoms with Crippen LogP contribution in [0, 0.1) is 0 Å². The Balaban J connectivity index is 1.84. The van der Waals surface area contributed by atoms with Gasteiger partial charge in [-0.1, -0.05) is 24.3 Å². The van der Waals surface area contributed by atoms with Crippen LogP contribution in [0.3, 0.4) is 0 Å². The number of fused-ring (bicyclic) bond motifs is 1. The lowest BCUT2D eigenvalue weighted by Gasteiger charge is -2.36. The van der Waals surface area contributed by atoms with Gasteiger partial charge in [-0.15, -0.1) is 0 Å². The number of amides is 1. The maximum atomic E-state index is 13.0. The van der Waals surface area contributed by atoms with Crippen molar-refractivity contribution in [2.24, 2.45) is 5.73 Å².